The normalized spacial score (nSPS) is 12.6. The minimum atomic E-state index is -0.424. The van der Waals surface area contributed by atoms with Crippen molar-refractivity contribution in [2.24, 2.45) is 0 Å². The number of nitrogens with zero attached hydrogens (tertiary/aromatic N) is 1. The van der Waals surface area contributed by atoms with Crippen LogP contribution in [-0.2, 0) is 11.2 Å². The second-order valence-electron chi connectivity index (χ2n) is 5.13. The molecule has 108 valence electrons. The van der Waals surface area contributed by atoms with E-state index in [4.69, 9.17) is 0 Å². The predicted octanol–water partition coefficient (Wildman–Crippen LogP) is 2.08. The average Bonchev–Trinajstić information content (AvgIpc) is 2.78. The maximum Gasteiger partial charge on any atom is 0.226 e. The van der Waals surface area contributed by atoms with Crippen molar-refractivity contribution < 1.29 is 14.3 Å². The average molecular weight is 278 g/mol. The second kappa shape index (κ2) is 6.05. The molecule has 0 saturated heterocycles. The van der Waals surface area contributed by atoms with Crippen molar-refractivity contribution in [2.45, 2.75) is 25.9 Å². The van der Waals surface area contributed by atoms with Crippen LogP contribution < -0.4 is 0 Å². The fourth-order valence-corrected chi connectivity index (χ4v) is 2.10. The first kappa shape index (κ1) is 14.5. The maximum atomic E-state index is 13.3. The molecule has 0 fully saturated rings. The Kier molecular flexibility index (Phi) is 4.39. The Bertz CT molecular complexity index is 607. The molecule has 1 aromatic carbocycles. The van der Waals surface area contributed by atoms with Crippen molar-refractivity contribution in [1.29, 1.82) is 0 Å². The summed E-state index contributed by atoms with van der Waals surface area (Å²) >= 11 is 0. The SMILES string of the molecule is CC(O)CCN(C)C(=O)Cc1c[nH]c2ccc(F)cc12. The number of fused-ring (bicyclic) bond motifs is 1. The van der Waals surface area contributed by atoms with Gasteiger partial charge in [-0.15, -0.1) is 0 Å². The molecule has 4 nitrogen and oxygen atoms in total. The standard InChI is InChI=1S/C15H19FN2O2/c1-10(19)5-6-18(2)15(20)7-11-9-17-14-4-3-12(16)8-13(11)14/h3-4,8-10,17,19H,5-7H2,1-2H3. The Morgan fingerprint density at radius 1 is 1.50 bits per heavy atom. The van der Waals surface area contributed by atoms with E-state index in [0.717, 1.165) is 16.5 Å². The highest BCUT2D eigenvalue weighted by Gasteiger charge is 2.13. The van der Waals surface area contributed by atoms with Crippen molar-refractivity contribution in [3.8, 4) is 0 Å². The van der Waals surface area contributed by atoms with E-state index in [0.29, 0.717) is 13.0 Å². The summed E-state index contributed by atoms with van der Waals surface area (Å²) in [6.45, 7) is 2.20. The van der Waals surface area contributed by atoms with Gasteiger partial charge in [0.15, 0.2) is 0 Å². The van der Waals surface area contributed by atoms with Gasteiger partial charge in [-0.2, -0.15) is 0 Å². The Balaban J connectivity index is 2.08. The number of benzene rings is 1. The van der Waals surface area contributed by atoms with Gasteiger partial charge in [0.25, 0.3) is 0 Å². The number of rotatable bonds is 5. The molecule has 2 N–H and O–H groups in total. The lowest BCUT2D eigenvalue weighted by Crippen LogP contribution is -2.30. The number of aromatic nitrogens is 1. The van der Waals surface area contributed by atoms with Gasteiger partial charge >= 0.3 is 0 Å². The molecule has 20 heavy (non-hydrogen) atoms. The molecule has 0 bridgehead atoms. The topological polar surface area (TPSA) is 56.3 Å². The van der Waals surface area contributed by atoms with Gasteiger partial charge in [-0.25, -0.2) is 4.39 Å². The maximum absolute atomic E-state index is 13.3. The molecule has 0 aliphatic heterocycles. The number of aliphatic hydroxyl groups is 1. The van der Waals surface area contributed by atoms with Gasteiger partial charge in [0.05, 0.1) is 12.5 Å². The number of amides is 1. The lowest BCUT2D eigenvalue weighted by atomic mass is 10.1. The zero-order valence-electron chi connectivity index (χ0n) is 11.7. The third-order valence-corrected chi connectivity index (χ3v) is 3.38. The zero-order valence-corrected chi connectivity index (χ0v) is 11.7. The van der Waals surface area contributed by atoms with Gasteiger partial charge in [-0.1, -0.05) is 0 Å². The van der Waals surface area contributed by atoms with Crippen molar-refractivity contribution in [2.75, 3.05) is 13.6 Å². The Hall–Kier alpha value is -1.88. The lowest BCUT2D eigenvalue weighted by molar-refractivity contribution is -0.129. The summed E-state index contributed by atoms with van der Waals surface area (Å²) in [6.07, 6.45) is 2.09. The minimum absolute atomic E-state index is 0.0455. The van der Waals surface area contributed by atoms with Gasteiger partial charge in [-0.3, -0.25) is 4.79 Å². The number of hydrogen-bond donors (Lipinski definition) is 2. The fourth-order valence-electron chi connectivity index (χ4n) is 2.10. The van der Waals surface area contributed by atoms with Crippen molar-refractivity contribution >= 4 is 16.8 Å². The molecular formula is C15H19FN2O2. The molecule has 5 heteroatoms. The first-order valence-electron chi connectivity index (χ1n) is 6.65. The lowest BCUT2D eigenvalue weighted by Gasteiger charge is -2.17. The van der Waals surface area contributed by atoms with Gasteiger partial charge in [0.1, 0.15) is 5.82 Å². The van der Waals surface area contributed by atoms with Crippen molar-refractivity contribution in [3.63, 3.8) is 0 Å². The van der Waals surface area contributed by atoms with E-state index in [9.17, 15) is 14.3 Å². The molecule has 1 aromatic heterocycles. The highest BCUT2D eigenvalue weighted by molar-refractivity contribution is 5.88. The summed E-state index contributed by atoms with van der Waals surface area (Å²) in [5.74, 6) is -0.357. The van der Waals surface area contributed by atoms with Crippen LogP contribution in [0.1, 0.15) is 18.9 Å². The molecule has 1 atom stereocenters. The van der Waals surface area contributed by atoms with Gasteiger partial charge < -0.3 is 15.0 Å². The van der Waals surface area contributed by atoms with E-state index in [1.165, 1.54) is 12.1 Å². The number of nitrogens with one attached hydrogen (secondary N) is 1. The summed E-state index contributed by atoms with van der Waals surface area (Å²) in [5, 5.41) is 9.97. The summed E-state index contributed by atoms with van der Waals surface area (Å²) in [4.78, 5) is 16.7. The van der Waals surface area contributed by atoms with Crippen LogP contribution in [0.4, 0.5) is 4.39 Å². The zero-order chi connectivity index (χ0) is 14.7. The van der Waals surface area contributed by atoms with E-state index in [2.05, 4.69) is 4.98 Å². The molecule has 2 rings (SSSR count). The number of carbonyl (C=O) groups is 1. The fraction of sp³-hybridized carbons (Fsp3) is 0.400. The summed E-state index contributed by atoms with van der Waals surface area (Å²) in [6, 6.07) is 4.49. The molecule has 0 radical (unpaired) electrons. The second-order valence-corrected chi connectivity index (χ2v) is 5.13. The molecule has 0 spiro atoms. The minimum Gasteiger partial charge on any atom is -0.393 e. The van der Waals surface area contributed by atoms with Crippen LogP contribution >= 0.6 is 0 Å². The Morgan fingerprint density at radius 3 is 2.95 bits per heavy atom. The van der Waals surface area contributed by atoms with Crippen LogP contribution in [0.3, 0.4) is 0 Å². The third-order valence-electron chi connectivity index (χ3n) is 3.38. The van der Waals surface area contributed by atoms with Gasteiger partial charge in [0.2, 0.25) is 5.91 Å². The van der Waals surface area contributed by atoms with Crippen LogP contribution in [0, 0.1) is 5.82 Å². The number of hydrogen-bond acceptors (Lipinski definition) is 2. The molecular weight excluding hydrogens is 259 g/mol. The largest absolute Gasteiger partial charge is 0.393 e. The number of H-pyrrole nitrogens is 1. The summed E-state index contributed by atoms with van der Waals surface area (Å²) in [5.41, 5.74) is 1.61. The first-order valence-corrected chi connectivity index (χ1v) is 6.65. The molecule has 1 heterocycles. The van der Waals surface area contributed by atoms with Crippen molar-refractivity contribution in [3.05, 3.63) is 35.8 Å². The van der Waals surface area contributed by atoms with Crippen LogP contribution in [0.2, 0.25) is 0 Å². The predicted molar refractivity (Wildman–Crippen MR) is 75.9 cm³/mol. The number of halogens is 1. The number of carbonyl (C=O) groups excluding carboxylic acids is 1. The van der Waals surface area contributed by atoms with Crippen LogP contribution in [0.15, 0.2) is 24.4 Å². The third kappa shape index (κ3) is 3.36. The highest BCUT2D eigenvalue weighted by atomic mass is 19.1. The smallest absolute Gasteiger partial charge is 0.226 e. The molecule has 0 saturated carbocycles. The van der Waals surface area contributed by atoms with E-state index >= 15 is 0 Å². The van der Waals surface area contributed by atoms with Crippen LogP contribution in [0.25, 0.3) is 10.9 Å². The Labute approximate surface area is 117 Å². The first-order chi connectivity index (χ1) is 9.47. The van der Waals surface area contributed by atoms with Gasteiger partial charge in [0, 0.05) is 30.7 Å². The summed E-state index contributed by atoms with van der Waals surface area (Å²) in [7, 11) is 1.71. The molecule has 1 amide bonds. The van der Waals surface area contributed by atoms with Crippen LogP contribution in [0.5, 0.6) is 0 Å². The van der Waals surface area contributed by atoms with Gasteiger partial charge in [-0.05, 0) is 37.1 Å². The van der Waals surface area contributed by atoms with E-state index in [-0.39, 0.29) is 18.1 Å². The quantitative estimate of drug-likeness (QED) is 0.879. The van der Waals surface area contributed by atoms with Crippen molar-refractivity contribution in [1.82, 2.24) is 9.88 Å². The number of aromatic amines is 1. The van der Waals surface area contributed by atoms with E-state index < -0.39 is 6.10 Å². The number of likely N-dealkylation sites (N-methyl/N-ethyl adjacent to an activating group) is 1. The molecule has 2 aromatic rings. The Morgan fingerprint density at radius 2 is 2.25 bits per heavy atom. The highest BCUT2D eigenvalue weighted by Crippen LogP contribution is 2.20. The van der Waals surface area contributed by atoms with E-state index in [1.54, 1.807) is 31.1 Å². The van der Waals surface area contributed by atoms with E-state index in [1.807, 2.05) is 0 Å². The summed E-state index contributed by atoms with van der Waals surface area (Å²) < 4.78 is 13.3. The van der Waals surface area contributed by atoms with Crippen LogP contribution in [-0.4, -0.2) is 40.6 Å². The molecule has 0 aliphatic rings. The molecule has 1 unspecified atom stereocenters. The molecule has 0 aliphatic carbocycles. The monoisotopic (exact) mass is 278 g/mol. The number of aliphatic hydroxyl groups excluding tert-OH is 1.